The maximum absolute atomic E-state index is 12.3. The van der Waals surface area contributed by atoms with Crippen LogP contribution in [0.1, 0.15) is 13.8 Å². The van der Waals surface area contributed by atoms with Crippen LogP contribution in [0.3, 0.4) is 0 Å². The number of anilines is 2. The second-order valence-corrected chi connectivity index (χ2v) is 3.64. The summed E-state index contributed by atoms with van der Waals surface area (Å²) in [6.07, 6.45) is -1.73. The Kier molecular flexibility index (Phi) is 3.56. The van der Waals surface area contributed by atoms with Gasteiger partial charge in [-0.3, -0.25) is 4.98 Å². The molecule has 0 fully saturated rings. The molecule has 0 aliphatic rings. The molecule has 4 nitrogen and oxygen atoms in total. The maximum Gasteiger partial charge on any atom is 0.405 e. The molecule has 0 saturated carbocycles. The van der Waals surface area contributed by atoms with Crippen molar-refractivity contribution in [3.8, 4) is 0 Å². The Hall–Kier alpha value is -1.53. The molecule has 0 bridgehead atoms. The van der Waals surface area contributed by atoms with Crippen LogP contribution in [0.15, 0.2) is 12.4 Å². The minimum absolute atomic E-state index is 0.102. The van der Waals surface area contributed by atoms with Crippen LogP contribution >= 0.6 is 0 Å². The van der Waals surface area contributed by atoms with E-state index in [9.17, 15) is 13.2 Å². The van der Waals surface area contributed by atoms with Crippen LogP contribution in [0.5, 0.6) is 0 Å². The van der Waals surface area contributed by atoms with E-state index < -0.39 is 12.7 Å². The lowest BCUT2D eigenvalue weighted by Gasteiger charge is -2.28. The Morgan fingerprint density at radius 1 is 1.38 bits per heavy atom. The minimum Gasteiger partial charge on any atom is -0.382 e. The Morgan fingerprint density at radius 2 is 2.00 bits per heavy atom. The summed E-state index contributed by atoms with van der Waals surface area (Å²) < 4.78 is 37.0. The van der Waals surface area contributed by atoms with Gasteiger partial charge >= 0.3 is 6.18 Å². The topological polar surface area (TPSA) is 55.0 Å². The summed E-state index contributed by atoms with van der Waals surface area (Å²) in [5.41, 5.74) is 5.38. The van der Waals surface area contributed by atoms with Gasteiger partial charge in [-0.15, -0.1) is 0 Å². The van der Waals surface area contributed by atoms with Crippen molar-refractivity contribution in [2.75, 3.05) is 17.2 Å². The van der Waals surface area contributed by atoms with Crippen molar-refractivity contribution in [1.29, 1.82) is 0 Å². The summed E-state index contributed by atoms with van der Waals surface area (Å²) in [6, 6.07) is -0.335. The second-order valence-electron chi connectivity index (χ2n) is 3.64. The number of hydrogen-bond donors (Lipinski definition) is 1. The predicted octanol–water partition coefficient (Wildman–Crippen LogP) is 1.84. The highest BCUT2D eigenvalue weighted by atomic mass is 19.4. The summed E-state index contributed by atoms with van der Waals surface area (Å²) in [5.74, 6) is 0.234. The maximum atomic E-state index is 12.3. The molecule has 0 saturated heterocycles. The molecule has 1 aromatic heterocycles. The van der Waals surface area contributed by atoms with Gasteiger partial charge < -0.3 is 10.6 Å². The van der Waals surface area contributed by atoms with Crippen molar-refractivity contribution < 1.29 is 13.2 Å². The van der Waals surface area contributed by atoms with Gasteiger partial charge in [0.05, 0.1) is 12.4 Å². The van der Waals surface area contributed by atoms with Gasteiger partial charge in [-0.2, -0.15) is 13.2 Å². The summed E-state index contributed by atoms with van der Waals surface area (Å²) in [6.45, 7) is 2.23. The zero-order valence-corrected chi connectivity index (χ0v) is 8.99. The van der Waals surface area contributed by atoms with Crippen molar-refractivity contribution in [2.24, 2.45) is 0 Å². The third kappa shape index (κ3) is 3.56. The van der Waals surface area contributed by atoms with Crippen LogP contribution in [-0.2, 0) is 0 Å². The number of halogens is 3. The van der Waals surface area contributed by atoms with Gasteiger partial charge in [0, 0.05) is 6.04 Å². The highest BCUT2D eigenvalue weighted by Gasteiger charge is 2.32. The van der Waals surface area contributed by atoms with Gasteiger partial charge in [0.15, 0.2) is 0 Å². The van der Waals surface area contributed by atoms with E-state index in [1.807, 2.05) is 0 Å². The van der Waals surface area contributed by atoms with Crippen molar-refractivity contribution in [1.82, 2.24) is 9.97 Å². The molecule has 2 N–H and O–H groups in total. The fraction of sp³-hybridized carbons (Fsp3) is 0.556. The van der Waals surface area contributed by atoms with Gasteiger partial charge in [-0.25, -0.2) is 4.98 Å². The van der Waals surface area contributed by atoms with E-state index in [2.05, 4.69) is 9.97 Å². The van der Waals surface area contributed by atoms with Crippen LogP contribution in [-0.4, -0.2) is 28.7 Å². The first kappa shape index (κ1) is 12.5. The normalized spacial score (nSPS) is 11.9. The fourth-order valence-corrected chi connectivity index (χ4v) is 1.23. The molecule has 0 atom stereocenters. The average Bonchev–Trinajstić information content (AvgIpc) is 2.12. The lowest BCUT2D eigenvalue weighted by Crippen LogP contribution is -2.39. The molecule has 0 amide bonds. The molecule has 7 heteroatoms. The molecule has 0 aromatic carbocycles. The second kappa shape index (κ2) is 4.54. The Balaban J connectivity index is 2.94. The van der Waals surface area contributed by atoms with Crippen molar-refractivity contribution in [3.63, 3.8) is 0 Å². The number of nitrogen functional groups attached to an aromatic ring is 1. The predicted molar refractivity (Wildman–Crippen MR) is 55.0 cm³/mol. The molecule has 0 spiro atoms. The highest BCUT2D eigenvalue weighted by Crippen LogP contribution is 2.22. The summed E-state index contributed by atoms with van der Waals surface area (Å²) >= 11 is 0. The standard InChI is InChI=1S/C9H13F3N4/c1-6(2)16(5-9(10,11)12)8-4-14-3-7(13)15-8/h3-4,6H,5H2,1-2H3,(H2,13,15). The molecule has 0 aliphatic heterocycles. The van der Waals surface area contributed by atoms with E-state index in [0.29, 0.717) is 0 Å². The first-order valence-electron chi connectivity index (χ1n) is 4.70. The lowest BCUT2D eigenvalue weighted by molar-refractivity contribution is -0.120. The zero-order chi connectivity index (χ0) is 12.3. The van der Waals surface area contributed by atoms with Crippen molar-refractivity contribution >= 4 is 11.6 Å². The Bertz CT molecular complexity index is 351. The Morgan fingerprint density at radius 3 is 2.44 bits per heavy atom. The lowest BCUT2D eigenvalue weighted by atomic mass is 10.3. The van der Waals surface area contributed by atoms with Gasteiger partial charge in [-0.1, -0.05) is 0 Å². The molecule has 90 valence electrons. The molecule has 16 heavy (non-hydrogen) atoms. The number of hydrogen-bond acceptors (Lipinski definition) is 4. The van der Waals surface area contributed by atoms with Crippen molar-refractivity contribution in [2.45, 2.75) is 26.1 Å². The van der Waals surface area contributed by atoms with Crippen LogP contribution in [0, 0.1) is 0 Å². The molecule has 0 radical (unpaired) electrons. The molecule has 1 aromatic rings. The summed E-state index contributed by atoms with van der Waals surface area (Å²) in [5, 5.41) is 0. The van der Waals surface area contributed by atoms with Crippen LogP contribution in [0.25, 0.3) is 0 Å². The zero-order valence-electron chi connectivity index (χ0n) is 8.99. The molecule has 0 unspecified atom stereocenters. The molecule has 1 rings (SSSR count). The first-order valence-corrected chi connectivity index (χ1v) is 4.70. The number of aromatic nitrogens is 2. The van der Waals surface area contributed by atoms with E-state index in [1.165, 1.54) is 12.4 Å². The Labute approximate surface area is 91.3 Å². The molecular weight excluding hydrogens is 221 g/mol. The van der Waals surface area contributed by atoms with Gasteiger partial charge in [0.25, 0.3) is 0 Å². The monoisotopic (exact) mass is 234 g/mol. The molecule has 1 heterocycles. The van der Waals surface area contributed by atoms with E-state index in [0.717, 1.165) is 4.90 Å². The number of nitrogens with two attached hydrogens (primary N) is 1. The van der Waals surface area contributed by atoms with Gasteiger partial charge in [0.2, 0.25) is 0 Å². The fourth-order valence-electron chi connectivity index (χ4n) is 1.23. The smallest absolute Gasteiger partial charge is 0.382 e. The largest absolute Gasteiger partial charge is 0.405 e. The van der Waals surface area contributed by atoms with Crippen LogP contribution in [0.4, 0.5) is 24.8 Å². The van der Waals surface area contributed by atoms with E-state index in [4.69, 9.17) is 5.73 Å². The first-order chi connectivity index (χ1) is 7.29. The number of rotatable bonds is 3. The van der Waals surface area contributed by atoms with E-state index in [-0.39, 0.29) is 17.7 Å². The van der Waals surface area contributed by atoms with E-state index in [1.54, 1.807) is 13.8 Å². The third-order valence-corrected chi connectivity index (χ3v) is 1.91. The quantitative estimate of drug-likeness (QED) is 0.866. The molecular formula is C9H13F3N4. The van der Waals surface area contributed by atoms with Gasteiger partial charge in [-0.05, 0) is 13.8 Å². The number of alkyl halides is 3. The summed E-state index contributed by atoms with van der Waals surface area (Å²) in [7, 11) is 0. The highest BCUT2D eigenvalue weighted by molar-refractivity contribution is 5.42. The number of nitrogens with zero attached hydrogens (tertiary/aromatic N) is 3. The van der Waals surface area contributed by atoms with Crippen molar-refractivity contribution in [3.05, 3.63) is 12.4 Å². The third-order valence-electron chi connectivity index (χ3n) is 1.91. The average molecular weight is 234 g/mol. The van der Waals surface area contributed by atoms with E-state index >= 15 is 0 Å². The summed E-state index contributed by atoms with van der Waals surface area (Å²) in [4.78, 5) is 8.64. The van der Waals surface area contributed by atoms with Crippen LogP contribution < -0.4 is 10.6 Å². The molecule has 0 aliphatic carbocycles. The minimum atomic E-state index is -4.28. The van der Waals surface area contributed by atoms with Crippen LogP contribution in [0.2, 0.25) is 0 Å². The van der Waals surface area contributed by atoms with Gasteiger partial charge in [0.1, 0.15) is 18.2 Å². The SMILES string of the molecule is CC(C)N(CC(F)(F)F)c1cncc(N)n1.